The van der Waals surface area contributed by atoms with Gasteiger partial charge in [0, 0.05) is 42.1 Å². The molecule has 1 aromatic carbocycles. The van der Waals surface area contributed by atoms with Crippen LogP contribution in [0.1, 0.15) is 62.5 Å². The van der Waals surface area contributed by atoms with Gasteiger partial charge in [-0.25, -0.2) is 0 Å². The van der Waals surface area contributed by atoms with Crippen LogP contribution in [0, 0.1) is 0 Å². The van der Waals surface area contributed by atoms with Crippen molar-refractivity contribution in [3.05, 3.63) is 77.1 Å². The van der Waals surface area contributed by atoms with Crippen molar-refractivity contribution < 1.29 is 4.74 Å². The first-order valence-electron chi connectivity index (χ1n) is 12.9. The van der Waals surface area contributed by atoms with Crippen LogP contribution in [-0.4, -0.2) is 51.5 Å². The van der Waals surface area contributed by atoms with Gasteiger partial charge in [-0.2, -0.15) is 0 Å². The Morgan fingerprint density at radius 1 is 1.21 bits per heavy atom. The molecule has 3 atom stereocenters. The monoisotopic (exact) mass is 454 g/mol. The Bertz CT molecular complexity index is 1240. The van der Waals surface area contributed by atoms with Crippen LogP contribution in [-0.2, 0) is 6.42 Å². The number of likely N-dealkylation sites (tertiary alicyclic amines) is 1. The number of rotatable bonds is 7. The molecule has 0 saturated carbocycles. The van der Waals surface area contributed by atoms with Gasteiger partial charge in [0.25, 0.3) is 0 Å². The van der Waals surface area contributed by atoms with E-state index in [-0.39, 0.29) is 12.1 Å². The van der Waals surface area contributed by atoms with Crippen LogP contribution in [0.15, 0.2) is 60.1 Å². The first kappa shape index (κ1) is 21.5. The number of ether oxygens (including phenoxy) is 1. The number of para-hydroxylation sites is 1. The van der Waals surface area contributed by atoms with E-state index in [2.05, 4.69) is 76.8 Å². The molecule has 1 N–H and O–H groups in total. The summed E-state index contributed by atoms with van der Waals surface area (Å²) in [6.45, 7) is 7.92. The van der Waals surface area contributed by atoms with Gasteiger partial charge in [0.1, 0.15) is 17.9 Å². The lowest BCUT2D eigenvalue weighted by Gasteiger charge is -2.43. The molecule has 3 aliphatic rings. The second kappa shape index (κ2) is 8.98. The fraction of sp³-hybridized carbons (Fsp3) is 0.448. The second-order valence-corrected chi connectivity index (χ2v) is 10.0. The molecular formula is C29H34N4O. The van der Waals surface area contributed by atoms with E-state index >= 15 is 0 Å². The quantitative estimate of drug-likeness (QED) is 0.472. The lowest BCUT2D eigenvalue weighted by Crippen LogP contribution is -2.42. The SMILES string of the molecule is CCCCN1CC[C@H](Oc2ccc([C@@H]3c4[nH]c5ccccc5c4C[C@@H](C)N3C3=C=CC3)nc2)C1. The van der Waals surface area contributed by atoms with Gasteiger partial charge in [0.15, 0.2) is 0 Å². The summed E-state index contributed by atoms with van der Waals surface area (Å²) in [6.07, 6.45) is 9.92. The largest absolute Gasteiger partial charge is 0.487 e. The smallest absolute Gasteiger partial charge is 0.138 e. The normalized spacial score (nSPS) is 24.2. The van der Waals surface area contributed by atoms with Crippen LogP contribution >= 0.6 is 0 Å². The number of fused-ring (bicyclic) bond motifs is 3. The Kier molecular flexibility index (Phi) is 5.68. The number of H-pyrrole nitrogens is 1. The maximum Gasteiger partial charge on any atom is 0.138 e. The highest BCUT2D eigenvalue weighted by molar-refractivity contribution is 5.85. The third-order valence-corrected chi connectivity index (χ3v) is 7.65. The number of hydrogen-bond acceptors (Lipinski definition) is 4. The van der Waals surface area contributed by atoms with E-state index in [1.807, 2.05) is 6.20 Å². The highest BCUT2D eigenvalue weighted by Gasteiger charge is 2.38. The molecule has 0 spiro atoms. The molecule has 2 aliphatic heterocycles. The Balaban J connectivity index is 1.28. The molecule has 0 bridgehead atoms. The van der Waals surface area contributed by atoms with Crippen molar-refractivity contribution in [2.75, 3.05) is 19.6 Å². The molecule has 5 heteroatoms. The standard InChI is InChI=1S/C29H34N4O/c1-3-4-15-32-16-14-23(19-32)34-22-12-13-27(30-18-22)29-28-25(24-10-5-6-11-26(24)31-28)17-20(2)33(29)21-8-7-9-21/h5-7,10-13,18,20,23,29,31H,3-4,8,14-17,19H2,1-2H3/t20-,23+,29-/m1/s1. The third-order valence-electron chi connectivity index (χ3n) is 7.65. The maximum absolute atomic E-state index is 6.32. The van der Waals surface area contributed by atoms with E-state index in [4.69, 9.17) is 9.72 Å². The summed E-state index contributed by atoms with van der Waals surface area (Å²) >= 11 is 0. The minimum Gasteiger partial charge on any atom is -0.487 e. The summed E-state index contributed by atoms with van der Waals surface area (Å²) < 4.78 is 6.32. The summed E-state index contributed by atoms with van der Waals surface area (Å²) in [5.41, 5.74) is 9.67. The summed E-state index contributed by atoms with van der Waals surface area (Å²) in [6, 6.07) is 13.4. The predicted molar refractivity (Wildman–Crippen MR) is 136 cm³/mol. The molecule has 1 saturated heterocycles. The van der Waals surface area contributed by atoms with Gasteiger partial charge < -0.3 is 14.6 Å². The van der Waals surface area contributed by atoms with E-state index in [0.29, 0.717) is 6.04 Å². The maximum atomic E-state index is 6.32. The van der Waals surface area contributed by atoms with Crippen LogP contribution in [0.2, 0.25) is 0 Å². The topological polar surface area (TPSA) is 44.4 Å². The Hall–Kier alpha value is -3.01. The van der Waals surface area contributed by atoms with Crippen LogP contribution in [0.25, 0.3) is 10.9 Å². The average Bonchev–Trinajstić information content (AvgIpc) is 3.42. The lowest BCUT2D eigenvalue weighted by molar-refractivity contribution is 0.189. The minimum atomic E-state index is 0.0624. The summed E-state index contributed by atoms with van der Waals surface area (Å²) in [5.74, 6) is 0.876. The first-order chi connectivity index (χ1) is 16.7. The lowest BCUT2D eigenvalue weighted by atomic mass is 9.89. The van der Waals surface area contributed by atoms with E-state index in [0.717, 1.165) is 43.8 Å². The van der Waals surface area contributed by atoms with Crippen LogP contribution in [0.4, 0.5) is 0 Å². The number of nitrogens with one attached hydrogen (secondary N) is 1. The van der Waals surface area contributed by atoms with Crippen LogP contribution in [0.5, 0.6) is 5.75 Å². The third kappa shape index (κ3) is 3.83. The van der Waals surface area contributed by atoms with Gasteiger partial charge in [-0.3, -0.25) is 9.88 Å². The molecule has 4 heterocycles. The predicted octanol–water partition coefficient (Wildman–Crippen LogP) is 5.59. The van der Waals surface area contributed by atoms with Gasteiger partial charge in [-0.15, -0.1) is 5.73 Å². The Morgan fingerprint density at radius 3 is 2.85 bits per heavy atom. The van der Waals surface area contributed by atoms with Crippen molar-refractivity contribution >= 4 is 10.9 Å². The molecule has 0 amide bonds. The highest BCUT2D eigenvalue weighted by atomic mass is 16.5. The van der Waals surface area contributed by atoms with Gasteiger partial charge in [0.05, 0.1) is 17.6 Å². The zero-order valence-corrected chi connectivity index (χ0v) is 20.3. The van der Waals surface area contributed by atoms with E-state index in [1.54, 1.807) is 0 Å². The van der Waals surface area contributed by atoms with Crippen molar-refractivity contribution in [3.8, 4) is 5.75 Å². The second-order valence-electron chi connectivity index (χ2n) is 10.0. The molecular weight excluding hydrogens is 420 g/mol. The van der Waals surface area contributed by atoms with Gasteiger partial charge in [0.2, 0.25) is 0 Å². The summed E-state index contributed by atoms with van der Waals surface area (Å²) in [5, 5.41) is 1.33. The Morgan fingerprint density at radius 2 is 2.09 bits per heavy atom. The molecule has 176 valence electrons. The molecule has 1 aliphatic carbocycles. The number of benzene rings is 1. The van der Waals surface area contributed by atoms with Gasteiger partial charge in [-0.1, -0.05) is 31.5 Å². The van der Waals surface area contributed by atoms with E-state index in [9.17, 15) is 0 Å². The number of unbranched alkanes of at least 4 members (excludes halogenated alkanes) is 1. The van der Waals surface area contributed by atoms with Crippen molar-refractivity contribution in [1.82, 2.24) is 19.8 Å². The highest BCUT2D eigenvalue weighted by Crippen LogP contribution is 2.43. The summed E-state index contributed by atoms with van der Waals surface area (Å²) in [7, 11) is 0. The molecule has 0 radical (unpaired) electrons. The fourth-order valence-electron chi connectivity index (χ4n) is 5.84. The van der Waals surface area contributed by atoms with Crippen molar-refractivity contribution in [3.63, 3.8) is 0 Å². The molecule has 1 fully saturated rings. The number of aromatic nitrogens is 2. The first-order valence-corrected chi connectivity index (χ1v) is 12.9. The van der Waals surface area contributed by atoms with Crippen LogP contribution < -0.4 is 4.74 Å². The molecule has 5 nitrogen and oxygen atoms in total. The van der Waals surface area contributed by atoms with Crippen molar-refractivity contribution in [2.45, 2.75) is 64.1 Å². The van der Waals surface area contributed by atoms with E-state index < -0.39 is 0 Å². The Labute approximate surface area is 202 Å². The van der Waals surface area contributed by atoms with Crippen molar-refractivity contribution in [1.29, 1.82) is 0 Å². The zero-order valence-electron chi connectivity index (χ0n) is 20.3. The molecule has 6 rings (SSSR count). The average molecular weight is 455 g/mol. The van der Waals surface area contributed by atoms with E-state index in [1.165, 1.54) is 47.2 Å². The van der Waals surface area contributed by atoms with Gasteiger partial charge in [-0.05, 0) is 62.6 Å². The molecule has 0 unspecified atom stereocenters. The van der Waals surface area contributed by atoms with Crippen molar-refractivity contribution in [2.24, 2.45) is 0 Å². The zero-order chi connectivity index (χ0) is 23.1. The van der Waals surface area contributed by atoms with Crippen LogP contribution in [0.3, 0.4) is 0 Å². The molecule has 3 aromatic rings. The number of hydrogen-bond donors (Lipinski definition) is 1. The minimum absolute atomic E-state index is 0.0624. The summed E-state index contributed by atoms with van der Waals surface area (Å²) in [4.78, 5) is 13.7. The number of aromatic amines is 1. The fourth-order valence-corrected chi connectivity index (χ4v) is 5.84. The molecule has 34 heavy (non-hydrogen) atoms. The van der Waals surface area contributed by atoms with Gasteiger partial charge >= 0.3 is 0 Å². The number of nitrogens with zero attached hydrogens (tertiary/aromatic N) is 3. The molecule has 2 aromatic heterocycles. The number of pyridine rings is 1.